The number of nitrogens with zero attached hydrogens (tertiary/aromatic N) is 3. The molecule has 0 spiro atoms. The lowest BCUT2D eigenvalue weighted by Gasteiger charge is -2.19. The van der Waals surface area contributed by atoms with Crippen LogP contribution in [0, 0.1) is 0 Å². The molecule has 1 amide bonds. The van der Waals surface area contributed by atoms with Gasteiger partial charge in [-0.1, -0.05) is 0 Å². The van der Waals surface area contributed by atoms with Crippen LogP contribution in [-0.4, -0.2) is 75.0 Å². The van der Waals surface area contributed by atoms with Crippen molar-refractivity contribution in [2.45, 2.75) is 32.8 Å². The van der Waals surface area contributed by atoms with Crippen LogP contribution in [0.3, 0.4) is 0 Å². The van der Waals surface area contributed by atoms with Gasteiger partial charge in [-0.05, 0) is 27.2 Å². The van der Waals surface area contributed by atoms with Crippen molar-refractivity contribution in [2.75, 3.05) is 42.1 Å². The third-order valence-electron chi connectivity index (χ3n) is 2.74. The van der Waals surface area contributed by atoms with Gasteiger partial charge in [0.25, 0.3) is 0 Å². The Kier molecular flexibility index (Phi) is 8.65. The minimum atomic E-state index is -1.11. The highest BCUT2D eigenvalue weighted by Crippen LogP contribution is 2.09. The van der Waals surface area contributed by atoms with Gasteiger partial charge in [0.05, 0.1) is 0 Å². The van der Waals surface area contributed by atoms with E-state index in [2.05, 4.69) is 36.2 Å². The summed E-state index contributed by atoms with van der Waals surface area (Å²) in [6, 6.07) is 0. The Balaban J connectivity index is 2.56. The zero-order valence-electron chi connectivity index (χ0n) is 15.9. The van der Waals surface area contributed by atoms with Crippen LogP contribution < -0.4 is 21.3 Å². The Morgan fingerprint density at radius 3 is 1.75 bits per heavy atom. The van der Waals surface area contributed by atoms with Crippen LogP contribution >= 0.6 is 0 Å². The summed E-state index contributed by atoms with van der Waals surface area (Å²) in [5, 5.41) is 27.9. The van der Waals surface area contributed by atoms with Gasteiger partial charge in [-0.2, -0.15) is 15.0 Å². The molecule has 0 radical (unpaired) electrons. The van der Waals surface area contributed by atoms with Crippen LogP contribution in [0.25, 0.3) is 0 Å². The minimum Gasteiger partial charge on any atom is -0.480 e. The highest BCUT2D eigenvalue weighted by molar-refractivity contribution is 5.73. The molecule has 1 rings (SSSR count). The van der Waals surface area contributed by atoms with Crippen LogP contribution in [-0.2, 0) is 14.3 Å². The molecule has 0 fully saturated rings. The lowest BCUT2D eigenvalue weighted by molar-refractivity contribution is -0.135. The van der Waals surface area contributed by atoms with Crippen LogP contribution in [0.1, 0.15) is 27.2 Å². The normalized spacial score (nSPS) is 10.7. The first kappa shape index (κ1) is 22.7. The molecule has 0 aliphatic carbocycles. The van der Waals surface area contributed by atoms with Gasteiger partial charge in [0, 0.05) is 13.1 Å². The lowest BCUT2D eigenvalue weighted by Crippen LogP contribution is -2.33. The maximum atomic E-state index is 11.5. The molecular formula is C15H25N7O6. The van der Waals surface area contributed by atoms with E-state index in [0.717, 1.165) is 0 Å². The number of ether oxygens (including phenoxy) is 1. The summed E-state index contributed by atoms with van der Waals surface area (Å²) >= 11 is 0. The second kappa shape index (κ2) is 10.7. The van der Waals surface area contributed by atoms with E-state index in [4.69, 9.17) is 14.9 Å². The number of anilines is 3. The predicted molar refractivity (Wildman–Crippen MR) is 99.4 cm³/mol. The Hall–Kier alpha value is -3.38. The van der Waals surface area contributed by atoms with E-state index >= 15 is 0 Å². The van der Waals surface area contributed by atoms with Crippen molar-refractivity contribution < 1.29 is 29.3 Å². The first-order valence-corrected chi connectivity index (χ1v) is 8.43. The molecule has 1 aromatic rings. The van der Waals surface area contributed by atoms with Gasteiger partial charge in [-0.25, -0.2) is 4.79 Å². The van der Waals surface area contributed by atoms with E-state index in [-0.39, 0.29) is 17.8 Å². The zero-order valence-corrected chi connectivity index (χ0v) is 15.9. The first-order chi connectivity index (χ1) is 13.0. The topological polar surface area (TPSA) is 188 Å². The third-order valence-corrected chi connectivity index (χ3v) is 2.74. The highest BCUT2D eigenvalue weighted by atomic mass is 16.6. The van der Waals surface area contributed by atoms with Crippen molar-refractivity contribution in [3.8, 4) is 0 Å². The van der Waals surface area contributed by atoms with Crippen molar-refractivity contribution in [1.82, 2.24) is 20.3 Å². The number of carbonyl (C=O) groups is 3. The number of aliphatic carboxylic acids is 2. The minimum absolute atomic E-state index is 0.0281. The van der Waals surface area contributed by atoms with E-state index in [0.29, 0.717) is 19.5 Å². The van der Waals surface area contributed by atoms with Gasteiger partial charge in [0.1, 0.15) is 18.7 Å². The van der Waals surface area contributed by atoms with Crippen LogP contribution in [0.2, 0.25) is 0 Å². The molecule has 0 saturated heterocycles. The Morgan fingerprint density at radius 2 is 1.32 bits per heavy atom. The van der Waals surface area contributed by atoms with E-state index in [1.807, 2.05) is 0 Å². The Morgan fingerprint density at radius 1 is 0.857 bits per heavy atom. The number of rotatable bonds is 11. The molecule has 6 N–H and O–H groups in total. The molecule has 13 nitrogen and oxygen atoms in total. The Labute approximate surface area is 161 Å². The Bertz CT molecular complexity index is 656. The second-order valence-electron chi connectivity index (χ2n) is 6.51. The number of aromatic nitrogens is 3. The zero-order chi connectivity index (χ0) is 21.2. The maximum absolute atomic E-state index is 11.5. The number of carbonyl (C=O) groups excluding carboxylic acids is 1. The van der Waals surface area contributed by atoms with Crippen molar-refractivity contribution in [3.05, 3.63) is 0 Å². The average Bonchev–Trinajstić information content (AvgIpc) is 2.56. The SMILES string of the molecule is CC(C)(C)OC(=O)NCCCNc1nc(NCC(=O)O)nc(NCC(=O)O)n1. The fourth-order valence-electron chi connectivity index (χ4n) is 1.72. The summed E-state index contributed by atoms with van der Waals surface area (Å²) in [6.45, 7) is 5.20. The van der Waals surface area contributed by atoms with E-state index in [1.54, 1.807) is 20.8 Å². The van der Waals surface area contributed by atoms with Gasteiger partial charge >= 0.3 is 18.0 Å². The molecule has 13 heteroatoms. The fraction of sp³-hybridized carbons (Fsp3) is 0.600. The molecule has 0 bridgehead atoms. The number of hydrogen-bond acceptors (Lipinski definition) is 10. The van der Waals surface area contributed by atoms with Gasteiger partial charge in [-0.15, -0.1) is 0 Å². The van der Waals surface area contributed by atoms with Gasteiger partial charge in [-0.3, -0.25) is 9.59 Å². The molecule has 1 heterocycles. The molecule has 28 heavy (non-hydrogen) atoms. The van der Waals surface area contributed by atoms with Gasteiger partial charge in [0.2, 0.25) is 17.8 Å². The molecular weight excluding hydrogens is 374 g/mol. The van der Waals surface area contributed by atoms with Crippen molar-refractivity contribution in [2.24, 2.45) is 0 Å². The van der Waals surface area contributed by atoms with Crippen LogP contribution in [0.4, 0.5) is 22.6 Å². The number of carboxylic acids is 2. The molecule has 0 aliphatic rings. The standard InChI is InChI=1S/C15H25N7O6/c1-15(2,3)28-14(27)17-6-4-5-16-11-20-12(18-7-9(23)24)22-13(21-11)19-8-10(25)26/h4-8H2,1-3H3,(H,17,27)(H,23,24)(H,25,26)(H3,16,18,19,20,21,22). The maximum Gasteiger partial charge on any atom is 0.407 e. The quantitative estimate of drug-likeness (QED) is 0.278. The monoisotopic (exact) mass is 399 g/mol. The molecule has 0 atom stereocenters. The average molecular weight is 399 g/mol. The second-order valence-corrected chi connectivity index (χ2v) is 6.51. The first-order valence-electron chi connectivity index (χ1n) is 8.43. The molecule has 0 aromatic carbocycles. The summed E-state index contributed by atoms with van der Waals surface area (Å²) in [5.74, 6) is -2.15. The van der Waals surface area contributed by atoms with Crippen LogP contribution in [0.5, 0.6) is 0 Å². The molecule has 0 unspecified atom stereocenters. The number of carboxylic acid groups (broad SMARTS) is 2. The molecule has 0 aliphatic heterocycles. The summed E-state index contributed by atoms with van der Waals surface area (Å²) in [6.07, 6.45) is 0.00808. The van der Waals surface area contributed by atoms with Crippen molar-refractivity contribution in [3.63, 3.8) is 0 Å². The van der Waals surface area contributed by atoms with E-state index in [1.165, 1.54) is 0 Å². The van der Waals surface area contributed by atoms with E-state index < -0.39 is 36.7 Å². The summed E-state index contributed by atoms with van der Waals surface area (Å²) in [5.41, 5.74) is -0.577. The third kappa shape index (κ3) is 10.6. The summed E-state index contributed by atoms with van der Waals surface area (Å²) in [7, 11) is 0. The van der Waals surface area contributed by atoms with Crippen molar-refractivity contribution >= 4 is 35.9 Å². The van der Waals surface area contributed by atoms with E-state index in [9.17, 15) is 14.4 Å². The highest BCUT2D eigenvalue weighted by Gasteiger charge is 2.15. The molecule has 1 aromatic heterocycles. The smallest absolute Gasteiger partial charge is 0.407 e. The lowest BCUT2D eigenvalue weighted by atomic mass is 10.2. The summed E-state index contributed by atoms with van der Waals surface area (Å²) in [4.78, 5) is 44.8. The number of nitrogens with one attached hydrogen (secondary N) is 4. The largest absolute Gasteiger partial charge is 0.480 e. The molecule has 0 saturated carbocycles. The number of hydrogen-bond donors (Lipinski definition) is 6. The van der Waals surface area contributed by atoms with Crippen molar-refractivity contribution in [1.29, 1.82) is 0 Å². The van der Waals surface area contributed by atoms with Gasteiger partial charge in [0.15, 0.2) is 0 Å². The van der Waals surface area contributed by atoms with Crippen LogP contribution in [0.15, 0.2) is 0 Å². The molecule has 156 valence electrons. The number of alkyl carbamates (subject to hydrolysis) is 1. The number of amides is 1. The van der Waals surface area contributed by atoms with Gasteiger partial charge < -0.3 is 36.2 Å². The predicted octanol–water partition coefficient (Wildman–Crippen LogP) is 0.191. The fourth-order valence-corrected chi connectivity index (χ4v) is 1.72. The summed E-state index contributed by atoms with van der Waals surface area (Å²) < 4.78 is 5.11.